The van der Waals surface area contributed by atoms with Gasteiger partial charge in [-0.1, -0.05) is 11.5 Å². The Hall–Kier alpha value is -0.193. The Labute approximate surface area is 76.7 Å². The van der Waals surface area contributed by atoms with Gasteiger partial charge in [-0.05, 0) is 14.0 Å². The van der Waals surface area contributed by atoms with Gasteiger partial charge in [0.05, 0.1) is 0 Å². The van der Waals surface area contributed by atoms with Crippen molar-refractivity contribution in [1.29, 1.82) is 0 Å². The summed E-state index contributed by atoms with van der Waals surface area (Å²) < 4.78 is 0. The Balaban J connectivity index is 0.000000810. The van der Waals surface area contributed by atoms with Crippen LogP contribution < -0.4 is 0 Å². The van der Waals surface area contributed by atoms with Crippen molar-refractivity contribution in [1.82, 2.24) is 9.71 Å². The van der Waals surface area contributed by atoms with Gasteiger partial charge < -0.3 is 9.71 Å². The first-order chi connectivity index (χ1) is 4.13. The largest absolute Gasteiger partial charge is 0.553 e. The molecule has 1 rings (SSSR count). The summed E-state index contributed by atoms with van der Waals surface area (Å²) >= 11 is 0. The summed E-state index contributed by atoms with van der Waals surface area (Å²) in [6.07, 6.45) is 2.87. The monoisotopic (exact) mass is 306 g/mol. The van der Waals surface area contributed by atoms with Crippen molar-refractivity contribution in [3.8, 4) is 0 Å². The third kappa shape index (κ3) is 1.45. The van der Waals surface area contributed by atoms with E-state index in [1.54, 1.807) is 0 Å². The molecule has 10 heavy (non-hydrogen) atoms. The standard InChI is InChI=1S/C6H8BN2.Re/c1-5-4-9(7)6(2)8(5)3;/h2H2,1,3H3;/q-1;. The normalized spacial score (nSPS) is 17.0. The molecule has 0 fully saturated rings. The molecule has 0 saturated carbocycles. The van der Waals surface area contributed by atoms with Crippen LogP contribution >= 0.6 is 0 Å². The number of hydrogen-bond donors (Lipinski definition) is 0. The van der Waals surface area contributed by atoms with Crippen molar-refractivity contribution < 1.29 is 20.4 Å². The van der Waals surface area contributed by atoms with Crippen LogP contribution in [-0.4, -0.2) is 24.7 Å². The predicted molar refractivity (Wildman–Crippen MR) is 36.9 cm³/mol. The van der Waals surface area contributed by atoms with E-state index in [1.165, 1.54) is 4.81 Å². The summed E-state index contributed by atoms with van der Waals surface area (Å²) in [7, 11) is 7.32. The van der Waals surface area contributed by atoms with Crippen LogP contribution in [0.25, 0.3) is 0 Å². The summed E-state index contributed by atoms with van der Waals surface area (Å²) in [6.45, 7) is 5.64. The van der Waals surface area contributed by atoms with E-state index >= 15 is 0 Å². The van der Waals surface area contributed by atoms with Gasteiger partial charge in [0.2, 0.25) is 0 Å². The minimum atomic E-state index is 0. The Morgan fingerprint density at radius 3 is 2.20 bits per heavy atom. The minimum absolute atomic E-state index is 0. The molecule has 0 N–H and O–H groups in total. The summed E-state index contributed by atoms with van der Waals surface area (Å²) in [4.78, 5) is 3.26. The Bertz CT molecular complexity index is 179. The van der Waals surface area contributed by atoms with Gasteiger partial charge in [0.25, 0.3) is 0 Å². The second-order valence-electron chi connectivity index (χ2n) is 2.04. The van der Waals surface area contributed by atoms with Crippen LogP contribution in [0.15, 0.2) is 18.1 Å². The number of hydrogen-bond acceptors (Lipinski definition) is 2. The Kier molecular flexibility index (Phi) is 3.21. The first kappa shape index (κ1) is 9.81. The van der Waals surface area contributed by atoms with E-state index in [4.69, 9.17) is 7.98 Å². The van der Waals surface area contributed by atoms with Crippen molar-refractivity contribution in [2.45, 2.75) is 6.92 Å². The molecular formula is C6H8BN2Re-. The summed E-state index contributed by atoms with van der Waals surface area (Å²) in [5.74, 6) is 0.757. The van der Waals surface area contributed by atoms with Crippen molar-refractivity contribution in [2.24, 2.45) is 0 Å². The maximum atomic E-state index is 5.42. The molecule has 0 aliphatic carbocycles. The van der Waals surface area contributed by atoms with Crippen LogP contribution in [0.2, 0.25) is 0 Å². The number of allylic oxidation sites excluding steroid dienone is 1. The quantitative estimate of drug-likeness (QED) is 0.474. The average molecular weight is 305 g/mol. The first-order valence-electron chi connectivity index (χ1n) is 2.70. The fourth-order valence-electron chi connectivity index (χ4n) is 0.669. The second-order valence-corrected chi connectivity index (χ2v) is 2.04. The predicted octanol–water partition coefficient (Wildman–Crippen LogP) is 0.450. The van der Waals surface area contributed by atoms with E-state index in [-0.39, 0.29) is 20.4 Å². The van der Waals surface area contributed by atoms with Crippen LogP contribution in [0.4, 0.5) is 0 Å². The van der Waals surface area contributed by atoms with Crippen molar-refractivity contribution >= 4 is 7.98 Å². The van der Waals surface area contributed by atoms with E-state index in [0.717, 1.165) is 11.5 Å². The van der Waals surface area contributed by atoms with Gasteiger partial charge in [-0.3, -0.25) is 0 Å². The van der Waals surface area contributed by atoms with Crippen LogP contribution in [0.1, 0.15) is 6.92 Å². The SMILES string of the molecule is [B]N1[C-]=C(C)N(C)C1=C.[Re]. The molecule has 0 spiro atoms. The fourth-order valence-corrected chi connectivity index (χ4v) is 0.669. The molecule has 1 heterocycles. The van der Waals surface area contributed by atoms with Crippen molar-refractivity contribution in [3.63, 3.8) is 0 Å². The zero-order valence-electron chi connectivity index (χ0n) is 6.06. The Morgan fingerprint density at radius 2 is 2.10 bits per heavy atom. The molecule has 3 radical (unpaired) electrons. The van der Waals surface area contributed by atoms with Crippen LogP contribution in [0.5, 0.6) is 0 Å². The van der Waals surface area contributed by atoms with Crippen molar-refractivity contribution in [3.05, 3.63) is 24.3 Å². The average Bonchev–Trinajstić information content (AvgIpc) is 1.98. The Morgan fingerprint density at radius 1 is 1.60 bits per heavy atom. The van der Waals surface area contributed by atoms with Gasteiger partial charge in [0, 0.05) is 20.4 Å². The van der Waals surface area contributed by atoms with Gasteiger partial charge in [-0.15, -0.1) is 6.58 Å². The second kappa shape index (κ2) is 3.27. The molecule has 1 aliphatic heterocycles. The molecule has 0 amide bonds. The molecule has 2 nitrogen and oxygen atoms in total. The fraction of sp³-hybridized carbons (Fsp3) is 0.333. The molecule has 0 aromatic heterocycles. The molecule has 0 aromatic rings. The zero-order valence-corrected chi connectivity index (χ0v) is 8.77. The summed E-state index contributed by atoms with van der Waals surface area (Å²) in [6, 6.07) is 0. The molecule has 0 unspecified atom stereocenters. The van der Waals surface area contributed by atoms with E-state index in [9.17, 15) is 0 Å². The van der Waals surface area contributed by atoms with E-state index in [1.807, 2.05) is 18.9 Å². The van der Waals surface area contributed by atoms with E-state index in [2.05, 4.69) is 12.8 Å². The molecule has 0 atom stereocenters. The van der Waals surface area contributed by atoms with Gasteiger partial charge >= 0.3 is 0 Å². The summed E-state index contributed by atoms with van der Waals surface area (Å²) in [5, 5.41) is 0. The smallest absolute Gasteiger partial charge is 0.191 e. The third-order valence-electron chi connectivity index (χ3n) is 1.45. The minimum Gasteiger partial charge on any atom is -0.553 e. The molecule has 0 saturated heterocycles. The molecule has 4 heteroatoms. The van der Waals surface area contributed by atoms with Crippen LogP contribution in [0, 0.1) is 6.20 Å². The van der Waals surface area contributed by atoms with Gasteiger partial charge in [0.1, 0.15) is 0 Å². The molecule has 1 aliphatic rings. The topological polar surface area (TPSA) is 6.48 Å². The maximum Gasteiger partial charge on any atom is 0.191 e. The number of rotatable bonds is 0. The van der Waals surface area contributed by atoms with Crippen LogP contribution in [0.3, 0.4) is 0 Å². The van der Waals surface area contributed by atoms with E-state index in [0.29, 0.717) is 0 Å². The van der Waals surface area contributed by atoms with E-state index < -0.39 is 0 Å². The van der Waals surface area contributed by atoms with Crippen molar-refractivity contribution in [2.75, 3.05) is 7.05 Å². The van der Waals surface area contributed by atoms with Gasteiger partial charge in [-0.2, -0.15) is 6.20 Å². The van der Waals surface area contributed by atoms with Crippen LogP contribution in [-0.2, 0) is 20.4 Å². The number of nitrogens with zero attached hydrogens (tertiary/aromatic N) is 2. The zero-order chi connectivity index (χ0) is 7.02. The van der Waals surface area contributed by atoms with Gasteiger partial charge in [0.15, 0.2) is 7.98 Å². The third-order valence-corrected chi connectivity index (χ3v) is 1.45. The molecular weight excluding hydrogens is 297 g/mol. The molecule has 53 valence electrons. The summed E-state index contributed by atoms with van der Waals surface area (Å²) in [5.41, 5.74) is 0.988. The molecule has 0 bridgehead atoms. The maximum absolute atomic E-state index is 5.42. The molecule has 0 aromatic carbocycles. The first-order valence-corrected chi connectivity index (χ1v) is 2.70. The van der Waals surface area contributed by atoms with Gasteiger partial charge in [-0.25, -0.2) is 0 Å².